The topological polar surface area (TPSA) is 41.5 Å². The second-order valence-electron chi connectivity index (χ2n) is 5.10. The molecule has 0 fully saturated rings. The molecule has 0 spiro atoms. The number of aryl methyl sites for hydroxylation is 1. The lowest BCUT2D eigenvalue weighted by Gasteiger charge is -2.03. The van der Waals surface area contributed by atoms with Crippen LogP contribution in [0.5, 0.6) is 0 Å². The number of hydrogen-bond donors (Lipinski definition) is 1. The van der Waals surface area contributed by atoms with E-state index in [-0.39, 0.29) is 5.78 Å². The van der Waals surface area contributed by atoms with Gasteiger partial charge in [0.15, 0.2) is 5.78 Å². The van der Waals surface area contributed by atoms with Gasteiger partial charge in [-0.2, -0.15) is 0 Å². The van der Waals surface area contributed by atoms with E-state index in [1.165, 1.54) is 18.1 Å². The smallest absolute Gasteiger partial charge is 0.159 e. The number of benzene rings is 1. The Morgan fingerprint density at radius 1 is 1.24 bits per heavy atom. The Balaban J connectivity index is 2.26. The van der Waals surface area contributed by atoms with Crippen molar-refractivity contribution in [3.63, 3.8) is 0 Å². The van der Waals surface area contributed by atoms with Crippen molar-refractivity contribution in [1.82, 2.24) is 5.32 Å². The van der Waals surface area contributed by atoms with Crippen molar-refractivity contribution in [3.05, 3.63) is 59.7 Å². The molecule has 3 nitrogen and oxygen atoms in total. The van der Waals surface area contributed by atoms with Gasteiger partial charge in [0, 0.05) is 24.4 Å². The van der Waals surface area contributed by atoms with Gasteiger partial charge in [0.2, 0.25) is 0 Å². The number of nitrogens with one attached hydrogen (secondary N) is 1. The molecule has 0 aliphatic rings. The van der Waals surface area contributed by atoms with E-state index in [1.54, 1.807) is 6.08 Å². The van der Waals surface area contributed by atoms with E-state index >= 15 is 0 Å². The Hall–Kier alpha value is -2.00. The van der Waals surface area contributed by atoms with Crippen LogP contribution >= 0.6 is 0 Å². The Labute approximate surface area is 127 Å². The molecule has 112 valence electrons. The number of nitrogens with zero attached hydrogens (tertiary/aromatic N) is 1. The summed E-state index contributed by atoms with van der Waals surface area (Å²) in [5, 5.41) is 3.36. The van der Waals surface area contributed by atoms with Crippen LogP contribution in [-0.4, -0.2) is 24.6 Å². The lowest BCUT2D eigenvalue weighted by molar-refractivity contribution is -0.113. The average Bonchev–Trinajstić information content (AvgIpc) is 2.46. The largest absolute Gasteiger partial charge is 0.311 e. The van der Waals surface area contributed by atoms with E-state index in [2.05, 4.69) is 48.1 Å². The number of ketones is 1. The van der Waals surface area contributed by atoms with Crippen LogP contribution in [0.2, 0.25) is 0 Å². The van der Waals surface area contributed by atoms with Gasteiger partial charge in [-0.15, -0.1) is 0 Å². The number of Topliss-reactive ketones (excluding diaryl/α,β-unsaturated/α-hetero) is 1. The van der Waals surface area contributed by atoms with Crippen LogP contribution in [0.15, 0.2) is 53.6 Å². The number of aliphatic imine (C=N–C) groups is 1. The van der Waals surface area contributed by atoms with Crippen LogP contribution in [0.4, 0.5) is 0 Å². The molecule has 0 unspecified atom stereocenters. The van der Waals surface area contributed by atoms with E-state index in [4.69, 9.17) is 0 Å². The van der Waals surface area contributed by atoms with Gasteiger partial charge < -0.3 is 5.32 Å². The molecule has 0 radical (unpaired) electrons. The molecule has 0 atom stereocenters. The van der Waals surface area contributed by atoms with Crippen molar-refractivity contribution < 1.29 is 4.79 Å². The standard InChI is InChI=1S/C18H24N2O/c1-14-5-9-18(10-6-14)13-19-11-12-20-16(3)8-7-15(2)17(4)21/h5-10,19H,2,11-13H2,1,3-4H3/b8-7-,20-16?. The first-order chi connectivity index (χ1) is 9.99. The lowest BCUT2D eigenvalue weighted by Crippen LogP contribution is -2.17. The first kappa shape index (κ1) is 17.1. The second-order valence-corrected chi connectivity index (χ2v) is 5.10. The fourth-order valence-corrected chi connectivity index (χ4v) is 1.64. The minimum Gasteiger partial charge on any atom is -0.311 e. The van der Waals surface area contributed by atoms with Gasteiger partial charge in [-0.3, -0.25) is 9.79 Å². The molecule has 1 N–H and O–H groups in total. The predicted molar refractivity (Wildman–Crippen MR) is 89.8 cm³/mol. The molecule has 21 heavy (non-hydrogen) atoms. The molecule has 3 heteroatoms. The van der Waals surface area contributed by atoms with E-state index in [0.29, 0.717) is 12.1 Å². The summed E-state index contributed by atoms with van der Waals surface area (Å²) in [4.78, 5) is 15.4. The quantitative estimate of drug-likeness (QED) is 0.344. The Morgan fingerprint density at radius 2 is 1.90 bits per heavy atom. The monoisotopic (exact) mass is 284 g/mol. The number of rotatable bonds is 8. The van der Waals surface area contributed by atoms with Crippen LogP contribution in [-0.2, 0) is 11.3 Å². The third-order valence-electron chi connectivity index (χ3n) is 3.08. The molecular weight excluding hydrogens is 260 g/mol. The zero-order valence-electron chi connectivity index (χ0n) is 13.1. The molecule has 0 bridgehead atoms. The maximum absolute atomic E-state index is 11.0. The molecule has 1 aromatic rings. The van der Waals surface area contributed by atoms with Gasteiger partial charge in [0.25, 0.3) is 0 Å². The highest BCUT2D eigenvalue weighted by molar-refractivity contribution is 5.99. The summed E-state index contributed by atoms with van der Waals surface area (Å²) in [6.07, 6.45) is 3.53. The maximum Gasteiger partial charge on any atom is 0.159 e. The molecule has 0 aliphatic carbocycles. The van der Waals surface area contributed by atoms with Crippen molar-refractivity contribution in [1.29, 1.82) is 0 Å². The summed E-state index contributed by atoms with van der Waals surface area (Å²) >= 11 is 0. The first-order valence-corrected chi connectivity index (χ1v) is 7.14. The fraction of sp³-hybridized carbons (Fsp3) is 0.333. The predicted octanol–water partition coefficient (Wildman–Crippen LogP) is 3.25. The Morgan fingerprint density at radius 3 is 2.52 bits per heavy atom. The molecule has 1 rings (SSSR count). The van der Waals surface area contributed by atoms with E-state index in [1.807, 2.05) is 13.0 Å². The summed E-state index contributed by atoms with van der Waals surface area (Å²) in [5.74, 6) is -0.0150. The molecule has 0 heterocycles. The summed E-state index contributed by atoms with van der Waals surface area (Å²) in [6.45, 7) is 11.6. The Kier molecular flexibility index (Phi) is 7.33. The third kappa shape index (κ3) is 7.37. The zero-order valence-corrected chi connectivity index (χ0v) is 13.1. The van der Waals surface area contributed by atoms with Crippen molar-refractivity contribution in [2.24, 2.45) is 4.99 Å². The summed E-state index contributed by atoms with van der Waals surface area (Å²) in [5.41, 5.74) is 3.95. The highest BCUT2D eigenvalue weighted by Crippen LogP contribution is 2.02. The third-order valence-corrected chi connectivity index (χ3v) is 3.08. The van der Waals surface area contributed by atoms with Crippen LogP contribution < -0.4 is 5.32 Å². The lowest BCUT2D eigenvalue weighted by atomic mass is 10.1. The van der Waals surface area contributed by atoms with Gasteiger partial charge in [0.1, 0.15) is 0 Å². The van der Waals surface area contributed by atoms with Crippen molar-refractivity contribution in [2.45, 2.75) is 27.3 Å². The van der Waals surface area contributed by atoms with E-state index in [9.17, 15) is 4.79 Å². The Bertz CT molecular complexity index is 539. The second kappa shape index (κ2) is 9.03. The molecule has 0 saturated heterocycles. The molecule has 1 aromatic carbocycles. The molecular formula is C18H24N2O. The normalized spacial score (nSPS) is 11.9. The maximum atomic E-state index is 11.0. The van der Waals surface area contributed by atoms with Gasteiger partial charge in [0.05, 0.1) is 6.54 Å². The average molecular weight is 284 g/mol. The molecule has 0 amide bonds. The van der Waals surface area contributed by atoms with Crippen molar-refractivity contribution in [2.75, 3.05) is 13.1 Å². The highest BCUT2D eigenvalue weighted by Gasteiger charge is 1.94. The summed E-state index contributed by atoms with van der Waals surface area (Å²) in [6, 6.07) is 8.50. The first-order valence-electron chi connectivity index (χ1n) is 7.14. The van der Waals surface area contributed by atoms with Gasteiger partial charge in [-0.05, 0) is 32.4 Å². The fourth-order valence-electron chi connectivity index (χ4n) is 1.64. The molecule has 0 saturated carbocycles. The van der Waals surface area contributed by atoms with Crippen LogP contribution in [0.3, 0.4) is 0 Å². The summed E-state index contributed by atoms with van der Waals surface area (Å²) < 4.78 is 0. The van der Waals surface area contributed by atoms with Gasteiger partial charge in [-0.25, -0.2) is 0 Å². The molecule has 0 aliphatic heterocycles. The zero-order chi connectivity index (χ0) is 15.7. The summed E-state index contributed by atoms with van der Waals surface area (Å²) in [7, 11) is 0. The number of carbonyl (C=O) groups is 1. The van der Waals surface area contributed by atoms with E-state index in [0.717, 1.165) is 18.8 Å². The van der Waals surface area contributed by atoms with Crippen LogP contribution in [0.1, 0.15) is 25.0 Å². The minimum absolute atomic E-state index is 0.0150. The minimum atomic E-state index is -0.0150. The SMILES string of the molecule is C=C(/C=C\C(C)=NCCNCc1ccc(C)cc1)C(C)=O. The van der Waals surface area contributed by atoms with Crippen molar-refractivity contribution >= 4 is 11.5 Å². The number of hydrogen-bond acceptors (Lipinski definition) is 3. The number of carbonyl (C=O) groups excluding carboxylic acids is 1. The molecule has 0 aromatic heterocycles. The van der Waals surface area contributed by atoms with Crippen LogP contribution in [0, 0.1) is 6.92 Å². The van der Waals surface area contributed by atoms with Crippen molar-refractivity contribution in [3.8, 4) is 0 Å². The van der Waals surface area contributed by atoms with E-state index < -0.39 is 0 Å². The van der Waals surface area contributed by atoms with Gasteiger partial charge in [-0.1, -0.05) is 42.5 Å². The van der Waals surface area contributed by atoms with Gasteiger partial charge >= 0.3 is 0 Å². The van der Waals surface area contributed by atoms with Crippen LogP contribution in [0.25, 0.3) is 0 Å². The number of allylic oxidation sites excluding steroid dienone is 3. The highest BCUT2D eigenvalue weighted by atomic mass is 16.1.